The van der Waals surface area contributed by atoms with Gasteiger partial charge in [-0.1, -0.05) is 24.3 Å². The van der Waals surface area contributed by atoms with Crippen molar-refractivity contribution in [3.8, 4) is 5.75 Å². The van der Waals surface area contributed by atoms with E-state index in [0.29, 0.717) is 17.8 Å². The zero-order valence-electron chi connectivity index (χ0n) is 18.4. The molecule has 2 aromatic carbocycles. The molecule has 0 radical (unpaired) electrons. The van der Waals surface area contributed by atoms with Crippen LogP contribution in [-0.4, -0.2) is 54.4 Å². The van der Waals surface area contributed by atoms with Crippen molar-refractivity contribution in [3.05, 3.63) is 59.3 Å². The van der Waals surface area contributed by atoms with E-state index in [1.807, 2.05) is 24.3 Å². The maximum atomic E-state index is 13.6. The van der Waals surface area contributed by atoms with E-state index in [-0.39, 0.29) is 17.4 Å². The second kappa shape index (κ2) is 8.74. The van der Waals surface area contributed by atoms with Crippen LogP contribution >= 0.6 is 0 Å². The Morgan fingerprint density at radius 1 is 1.15 bits per heavy atom. The minimum atomic E-state index is -4.46. The number of fused-ring (bicyclic) bond motifs is 3. The molecule has 0 bridgehead atoms. The summed E-state index contributed by atoms with van der Waals surface area (Å²) in [5.74, 6) is -0.136. The summed E-state index contributed by atoms with van der Waals surface area (Å²) in [5, 5.41) is 7.27. The van der Waals surface area contributed by atoms with Crippen molar-refractivity contribution in [3.63, 3.8) is 0 Å². The summed E-state index contributed by atoms with van der Waals surface area (Å²) in [6, 6.07) is 11.0. The maximum absolute atomic E-state index is 13.6. The lowest BCUT2D eigenvalue weighted by Crippen LogP contribution is -2.51. The minimum Gasteiger partial charge on any atom is -0.434 e. The van der Waals surface area contributed by atoms with Crippen molar-refractivity contribution >= 4 is 16.6 Å². The normalized spacial score (nSPS) is 21.5. The molecule has 3 aromatic rings. The summed E-state index contributed by atoms with van der Waals surface area (Å²) in [7, 11) is 0. The molecule has 2 aliphatic heterocycles. The van der Waals surface area contributed by atoms with Crippen LogP contribution in [0.5, 0.6) is 5.75 Å². The van der Waals surface area contributed by atoms with Crippen molar-refractivity contribution < 1.29 is 26.7 Å². The summed E-state index contributed by atoms with van der Waals surface area (Å²) in [4.78, 5) is 4.58. The number of aromatic nitrogens is 1. The Balaban J connectivity index is 1.65. The number of halogens is 5. The molecule has 5 nitrogen and oxygen atoms in total. The van der Waals surface area contributed by atoms with Gasteiger partial charge < -0.3 is 20.4 Å². The molecule has 0 amide bonds. The quantitative estimate of drug-likeness (QED) is 0.432. The third-order valence-corrected chi connectivity index (χ3v) is 6.56. The second-order valence-corrected chi connectivity index (χ2v) is 8.94. The number of hydrogen-bond acceptors (Lipinski definition) is 4. The summed E-state index contributed by atoms with van der Waals surface area (Å²) < 4.78 is 72.5. The molecule has 1 aromatic heterocycles. The SMILES string of the molecule is C[C@@H]1Cc2c([nH]c3ccccc23)[C@@H](c2ccc(NC3CNC3)cc2OC(F)F)N1CC(F)(F)F. The second-order valence-electron chi connectivity index (χ2n) is 8.94. The van der Waals surface area contributed by atoms with Gasteiger partial charge in [-0.05, 0) is 31.0 Å². The highest BCUT2D eigenvalue weighted by Gasteiger charge is 2.43. The van der Waals surface area contributed by atoms with Gasteiger partial charge in [0.05, 0.1) is 18.6 Å². The Morgan fingerprint density at radius 2 is 1.91 bits per heavy atom. The van der Waals surface area contributed by atoms with E-state index in [9.17, 15) is 22.0 Å². The van der Waals surface area contributed by atoms with Crippen LogP contribution in [0.2, 0.25) is 0 Å². The standard InChI is InChI=1S/C24H25F5N4O/c1-13-8-18-16-4-2-3-5-19(16)32-21(18)22(33(13)12-24(27,28)29)17-7-6-14(31-15-10-30-11-15)9-20(17)34-23(25)26/h2-7,9,13,15,22-23,30-32H,8,10-12H2,1H3/t13-,22-/m1/s1. The third-order valence-electron chi connectivity index (χ3n) is 6.56. The summed E-state index contributed by atoms with van der Waals surface area (Å²) >= 11 is 0. The van der Waals surface area contributed by atoms with Crippen LogP contribution in [0.3, 0.4) is 0 Å². The monoisotopic (exact) mass is 480 g/mol. The highest BCUT2D eigenvalue weighted by Crippen LogP contribution is 2.45. The average molecular weight is 480 g/mol. The Bertz CT molecular complexity index is 1170. The Morgan fingerprint density at radius 3 is 2.59 bits per heavy atom. The van der Waals surface area contributed by atoms with Gasteiger partial charge in [-0.25, -0.2) is 0 Å². The molecule has 0 unspecified atom stereocenters. The highest BCUT2D eigenvalue weighted by molar-refractivity contribution is 5.85. The van der Waals surface area contributed by atoms with Crippen LogP contribution in [0.25, 0.3) is 10.9 Å². The summed E-state index contributed by atoms with van der Waals surface area (Å²) in [5.41, 5.74) is 3.12. The van der Waals surface area contributed by atoms with Crippen molar-refractivity contribution in [1.29, 1.82) is 0 Å². The fraction of sp³-hybridized carbons (Fsp3) is 0.417. The summed E-state index contributed by atoms with van der Waals surface area (Å²) in [6.45, 7) is -1.07. The molecule has 10 heteroatoms. The molecule has 5 rings (SSSR count). The Hall–Kier alpha value is -2.85. The first-order chi connectivity index (χ1) is 16.2. The van der Waals surface area contributed by atoms with Crippen LogP contribution in [0.4, 0.5) is 27.6 Å². The number of H-pyrrole nitrogens is 1. The number of aromatic amines is 1. The van der Waals surface area contributed by atoms with Crippen LogP contribution in [0.15, 0.2) is 42.5 Å². The van der Waals surface area contributed by atoms with Crippen LogP contribution in [-0.2, 0) is 6.42 Å². The van der Waals surface area contributed by atoms with Crippen molar-refractivity contribution in [1.82, 2.24) is 15.2 Å². The van der Waals surface area contributed by atoms with E-state index in [1.165, 1.54) is 11.0 Å². The fourth-order valence-electron chi connectivity index (χ4n) is 4.97. The topological polar surface area (TPSA) is 52.3 Å². The number of hydrogen-bond donors (Lipinski definition) is 3. The molecule has 34 heavy (non-hydrogen) atoms. The van der Waals surface area contributed by atoms with Gasteiger partial charge in [0, 0.05) is 53.0 Å². The van der Waals surface area contributed by atoms with E-state index in [0.717, 1.165) is 29.6 Å². The van der Waals surface area contributed by atoms with E-state index < -0.39 is 31.4 Å². The molecule has 2 aliphatic rings. The van der Waals surface area contributed by atoms with Gasteiger partial charge in [-0.3, -0.25) is 4.90 Å². The fourth-order valence-corrected chi connectivity index (χ4v) is 4.97. The molecule has 1 saturated heterocycles. The van der Waals surface area contributed by atoms with E-state index >= 15 is 0 Å². The average Bonchev–Trinajstić information content (AvgIpc) is 3.09. The molecule has 0 spiro atoms. The lowest BCUT2D eigenvalue weighted by molar-refractivity contribution is -0.155. The molecule has 3 heterocycles. The first-order valence-electron chi connectivity index (χ1n) is 11.2. The number of rotatable bonds is 6. The number of ether oxygens (including phenoxy) is 1. The number of anilines is 1. The zero-order chi connectivity index (χ0) is 24.0. The third kappa shape index (κ3) is 4.44. The van der Waals surface area contributed by atoms with Crippen molar-refractivity contribution in [2.24, 2.45) is 0 Å². The molecule has 182 valence electrons. The van der Waals surface area contributed by atoms with E-state index in [4.69, 9.17) is 4.74 Å². The van der Waals surface area contributed by atoms with Crippen molar-refractivity contribution in [2.75, 3.05) is 25.0 Å². The lowest BCUT2D eigenvalue weighted by Gasteiger charge is -2.41. The molecule has 2 atom stereocenters. The van der Waals surface area contributed by atoms with Gasteiger partial charge in [0.1, 0.15) is 5.75 Å². The van der Waals surface area contributed by atoms with Crippen LogP contribution in [0.1, 0.15) is 29.8 Å². The van der Waals surface area contributed by atoms with Crippen molar-refractivity contribution in [2.45, 2.75) is 44.3 Å². The predicted octanol–water partition coefficient (Wildman–Crippen LogP) is 5.05. The Kier molecular flexibility index (Phi) is 5.89. The number of nitrogens with zero attached hydrogens (tertiary/aromatic N) is 1. The lowest BCUT2D eigenvalue weighted by atomic mass is 9.88. The number of benzene rings is 2. The largest absolute Gasteiger partial charge is 0.434 e. The van der Waals surface area contributed by atoms with Gasteiger partial charge in [-0.15, -0.1) is 0 Å². The van der Waals surface area contributed by atoms with Crippen LogP contribution in [0, 0.1) is 0 Å². The number of para-hydroxylation sites is 1. The first kappa shape index (κ1) is 22.9. The van der Waals surface area contributed by atoms with Gasteiger partial charge in [-0.2, -0.15) is 22.0 Å². The molecular formula is C24H25F5N4O. The molecule has 0 aliphatic carbocycles. The van der Waals surface area contributed by atoms with Gasteiger partial charge in [0.2, 0.25) is 0 Å². The predicted molar refractivity (Wildman–Crippen MR) is 119 cm³/mol. The zero-order valence-corrected chi connectivity index (χ0v) is 18.4. The molecule has 1 fully saturated rings. The molecular weight excluding hydrogens is 455 g/mol. The Labute approximate surface area is 193 Å². The van der Waals surface area contributed by atoms with Gasteiger partial charge in [0.25, 0.3) is 0 Å². The number of nitrogens with one attached hydrogen (secondary N) is 3. The van der Waals surface area contributed by atoms with Crippen LogP contribution < -0.4 is 15.4 Å². The summed E-state index contributed by atoms with van der Waals surface area (Å²) in [6.07, 6.45) is -4.05. The minimum absolute atomic E-state index is 0.136. The molecule has 0 saturated carbocycles. The highest BCUT2D eigenvalue weighted by atomic mass is 19.4. The van der Waals surface area contributed by atoms with E-state index in [1.54, 1.807) is 19.1 Å². The maximum Gasteiger partial charge on any atom is 0.401 e. The smallest absolute Gasteiger partial charge is 0.401 e. The van der Waals surface area contributed by atoms with E-state index in [2.05, 4.69) is 15.6 Å². The number of alkyl halides is 5. The van der Waals surface area contributed by atoms with Gasteiger partial charge >= 0.3 is 12.8 Å². The first-order valence-corrected chi connectivity index (χ1v) is 11.2. The van der Waals surface area contributed by atoms with Gasteiger partial charge in [0.15, 0.2) is 0 Å². The molecule has 3 N–H and O–H groups in total.